The van der Waals surface area contributed by atoms with Gasteiger partial charge in [-0.15, -0.1) is 0 Å². The quantitative estimate of drug-likeness (QED) is 0.342. The summed E-state index contributed by atoms with van der Waals surface area (Å²) in [6.07, 6.45) is 19.1. The average molecular weight is 383 g/mol. The SMILES string of the molecule is CCCCCCCCCCCCCCc1ccc(C(=O)NC2(C#N)CC2)cc1. The fourth-order valence-corrected chi connectivity index (χ4v) is 3.67. The molecular weight excluding hydrogens is 344 g/mol. The van der Waals surface area contributed by atoms with Crippen LogP contribution in [0.15, 0.2) is 24.3 Å². The predicted molar refractivity (Wildman–Crippen MR) is 116 cm³/mol. The van der Waals surface area contributed by atoms with Crippen LogP contribution in [0.4, 0.5) is 0 Å². The molecule has 0 heterocycles. The number of carbonyl (C=O) groups excluding carboxylic acids is 1. The molecule has 0 spiro atoms. The smallest absolute Gasteiger partial charge is 0.252 e. The Morgan fingerprint density at radius 3 is 1.86 bits per heavy atom. The molecule has 1 amide bonds. The molecule has 1 saturated carbocycles. The van der Waals surface area contributed by atoms with Crippen molar-refractivity contribution in [2.45, 2.75) is 109 Å². The van der Waals surface area contributed by atoms with Crippen LogP contribution in [0.1, 0.15) is 113 Å². The fourth-order valence-electron chi connectivity index (χ4n) is 3.67. The van der Waals surface area contributed by atoms with Crippen LogP contribution in [0.5, 0.6) is 0 Å². The van der Waals surface area contributed by atoms with Crippen molar-refractivity contribution in [3.05, 3.63) is 35.4 Å². The highest BCUT2D eigenvalue weighted by Crippen LogP contribution is 2.34. The highest BCUT2D eigenvalue weighted by Gasteiger charge is 2.44. The van der Waals surface area contributed by atoms with Crippen molar-refractivity contribution in [1.29, 1.82) is 5.26 Å². The molecule has 0 bridgehead atoms. The maximum absolute atomic E-state index is 12.2. The summed E-state index contributed by atoms with van der Waals surface area (Å²) in [5.41, 5.74) is 1.36. The van der Waals surface area contributed by atoms with E-state index < -0.39 is 5.54 Å². The van der Waals surface area contributed by atoms with Crippen molar-refractivity contribution < 1.29 is 4.79 Å². The summed E-state index contributed by atoms with van der Waals surface area (Å²) in [5, 5.41) is 11.9. The number of nitrogens with one attached hydrogen (secondary N) is 1. The number of benzene rings is 1. The summed E-state index contributed by atoms with van der Waals surface area (Å²) in [6.45, 7) is 2.27. The Labute approximate surface area is 171 Å². The van der Waals surface area contributed by atoms with Gasteiger partial charge in [-0.2, -0.15) is 5.26 Å². The molecule has 0 aliphatic heterocycles. The molecule has 28 heavy (non-hydrogen) atoms. The first-order valence-corrected chi connectivity index (χ1v) is 11.5. The lowest BCUT2D eigenvalue weighted by molar-refractivity contribution is 0.0941. The Kier molecular flexibility index (Phi) is 10.1. The van der Waals surface area contributed by atoms with Crippen molar-refractivity contribution in [2.75, 3.05) is 0 Å². The van der Waals surface area contributed by atoms with Crippen molar-refractivity contribution in [3.63, 3.8) is 0 Å². The molecule has 1 N–H and O–H groups in total. The van der Waals surface area contributed by atoms with Crippen LogP contribution in [0.2, 0.25) is 0 Å². The van der Waals surface area contributed by atoms with Crippen LogP contribution in [0.25, 0.3) is 0 Å². The van der Waals surface area contributed by atoms with Gasteiger partial charge in [-0.3, -0.25) is 4.79 Å². The molecule has 1 aromatic carbocycles. The van der Waals surface area contributed by atoms with E-state index in [0.717, 1.165) is 19.3 Å². The van der Waals surface area contributed by atoms with Crippen LogP contribution in [-0.2, 0) is 6.42 Å². The topological polar surface area (TPSA) is 52.9 Å². The largest absolute Gasteiger partial charge is 0.334 e. The third kappa shape index (κ3) is 8.46. The molecule has 0 aromatic heterocycles. The van der Waals surface area contributed by atoms with E-state index >= 15 is 0 Å². The predicted octanol–water partition coefficient (Wildman–Crippen LogP) is 6.72. The van der Waals surface area contributed by atoms with E-state index in [4.69, 9.17) is 5.26 Å². The molecule has 0 radical (unpaired) electrons. The van der Waals surface area contributed by atoms with Gasteiger partial charge in [0, 0.05) is 5.56 Å². The molecule has 1 aromatic rings. The molecule has 0 unspecified atom stereocenters. The zero-order valence-electron chi connectivity index (χ0n) is 17.8. The lowest BCUT2D eigenvalue weighted by atomic mass is 10.0. The van der Waals surface area contributed by atoms with Gasteiger partial charge >= 0.3 is 0 Å². The number of hydrogen-bond acceptors (Lipinski definition) is 2. The second-order valence-corrected chi connectivity index (χ2v) is 8.48. The summed E-state index contributed by atoms with van der Waals surface area (Å²) < 4.78 is 0. The summed E-state index contributed by atoms with van der Waals surface area (Å²) in [4.78, 5) is 12.2. The van der Waals surface area contributed by atoms with E-state index in [2.05, 4.69) is 30.4 Å². The van der Waals surface area contributed by atoms with Gasteiger partial charge in [0.2, 0.25) is 0 Å². The summed E-state index contributed by atoms with van der Waals surface area (Å²) >= 11 is 0. The van der Waals surface area contributed by atoms with E-state index in [0.29, 0.717) is 5.56 Å². The Morgan fingerprint density at radius 2 is 1.39 bits per heavy atom. The molecule has 154 valence electrons. The lowest BCUT2D eigenvalue weighted by Crippen LogP contribution is -2.35. The second-order valence-electron chi connectivity index (χ2n) is 8.48. The molecule has 3 heteroatoms. The van der Waals surface area contributed by atoms with Gasteiger partial charge in [-0.1, -0.05) is 89.7 Å². The zero-order valence-corrected chi connectivity index (χ0v) is 17.8. The van der Waals surface area contributed by atoms with Gasteiger partial charge in [-0.25, -0.2) is 0 Å². The van der Waals surface area contributed by atoms with Crippen LogP contribution < -0.4 is 5.32 Å². The van der Waals surface area contributed by atoms with Crippen molar-refractivity contribution in [2.24, 2.45) is 0 Å². The van der Waals surface area contributed by atoms with E-state index in [1.807, 2.05) is 12.1 Å². The maximum Gasteiger partial charge on any atom is 0.252 e. The van der Waals surface area contributed by atoms with Gasteiger partial charge in [-0.05, 0) is 43.4 Å². The number of hydrogen-bond donors (Lipinski definition) is 1. The molecule has 0 atom stereocenters. The fraction of sp³-hybridized carbons (Fsp3) is 0.680. The lowest BCUT2D eigenvalue weighted by Gasteiger charge is -2.09. The maximum atomic E-state index is 12.2. The Morgan fingerprint density at radius 1 is 0.893 bits per heavy atom. The van der Waals surface area contributed by atoms with Crippen LogP contribution >= 0.6 is 0 Å². The number of rotatable bonds is 15. The van der Waals surface area contributed by atoms with Crippen LogP contribution in [0.3, 0.4) is 0 Å². The van der Waals surface area contributed by atoms with E-state index in [1.54, 1.807) is 0 Å². The van der Waals surface area contributed by atoms with Crippen molar-refractivity contribution in [1.82, 2.24) is 5.32 Å². The summed E-state index contributed by atoms with van der Waals surface area (Å²) in [5.74, 6) is -0.129. The summed E-state index contributed by atoms with van der Waals surface area (Å²) in [7, 11) is 0. The minimum absolute atomic E-state index is 0.129. The summed E-state index contributed by atoms with van der Waals surface area (Å²) in [6, 6.07) is 10.1. The highest BCUT2D eigenvalue weighted by atomic mass is 16.1. The minimum atomic E-state index is -0.592. The Hall–Kier alpha value is -1.82. The molecule has 3 nitrogen and oxygen atoms in total. The van der Waals surface area contributed by atoms with Crippen molar-refractivity contribution >= 4 is 5.91 Å². The molecule has 1 aliphatic carbocycles. The average Bonchev–Trinajstić information content (AvgIpc) is 3.49. The first-order chi connectivity index (χ1) is 13.7. The van der Waals surface area contributed by atoms with Gasteiger partial charge in [0.15, 0.2) is 0 Å². The molecule has 1 aliphatic rings. The third-order valence-corrected chi connectivity index (χ3v) is 5.85. The first kappa shape index (κ1) is 22.5. The second kappa shape index (κ2) is 12.6. The number of aryl methyl sites for hydroxylation is 1. The number of unbranched alkanes of at least 4 members (excludes halogenated alkanes) is 11. The van der Waals surface area contributed by atoms with E-state index in [9.17, 15) is 4.79 Å². The Bertz CT molecular complexity index is 610. The third-order valence-electron chi connectivity index (χ3n) is 5.85. The number of amides is 1. The molecule has 2 rings (SSSR count). The van der Waals surface area contributed by atoms with Gasteiger partial charge in [0.1, 0.15) is 5.54 Å². The van der Waals surface area contributed by atoms with Gasteiger partial charge < -0.3 is 5.32 Å². The zero-order chi connectivity index (χ0) is 20.1. The molecular formula is C25H38N2O. The van der Waals surface area contributed by atoms with Gasteiger partial charge in [0.05, 0.1) is 6.07 Å². The number of nitrogens with zero attached hydrogens (tertiary/aromatic N) is 1. The van der Waals surface area contributed by atoms with Crippen LogP contribution in [0, 0.1) is 11.3 Å². The van der Waals surface area contributed by atoms with Crippen molar-refractivity contribution in [3.8, 4) is 6.07 Å². The first-order valence-electron chi connectivity index (χ1n) is 11.5. The minimum Gasteiger partial charge on any atom is -0.334 e. The normalized spacial score (nSPS) is 14.4. The molecule has 0 saturated heterocycles. The number of carbonyl (C=O) groups is 1. The monoisotopic (exact) mass is 382 g/mol. The van der Waals surface area contributed by atoms with Crippen LogP contribution in [-0.4, -0.2) is 11.4 Å². The Balaban J connectivity index is 1.48. The highest BCUT2D eigenvalue weighted by molar-refractivity contribution is 5.95. The molecule has 1 fully saturated rings. The van der Waals surface area contributed by atoms with Gasteiger partial charge in [0.25, 0.3) is 5.91 Å². The number of nitriles is 1. The van der Waals surface area contributed by atoms with E-state index in [1.165, 1.54) is 82.6 Å². The standard InChI is InChI=1S/C25H38N2O/c1-2-3-4-5-6-7-8-9-10-11-12-13-14-22-15-17-23(18-16-22)24(28)27-25(21-26)19-20-25/h15-18H,2-14,19-20H2,1H3,(H,27,28). The van der Waals surface area contributed by atoms with E-state index in [-0.39, 0.29) is 5.91 Å².